The van der Waals surface area contributed by atoms with Crippen LogP contribution in [0.25, 0.3) is 0 Å². The number of nitrogens with one attached hydrogen (secondary N) is 4. The first-order chi connectivity index (χ1) is 27.2. The van der Waals surface area contributed by atoms with Crippen molar-refractivity contribution >= 4 is 47.5 Å². The Morgan fingerprint density at radius 2 is 1.64 bits per heavy atom. The minimum atomic E-state index is -1.03. The molecule has 2 aliphatic heterocycles. The third kappa shape index (κ3) is 12.0. The van der Waals surface area contributed by atoms with E-state index in [0.717, 1.165) is 23.3 Å². The number of hydrogen-bond acceptors (Lipinski definition) is 14. The van der Waals surface area contributed by atoms with Crippen molar-refractivity contribution in [3.05, 3.63) is 70.9 Å². The van der Waals surface area contributed by atoms with Gasteiger partial charge in [0.1, 0.15) is 18.4 Å². The highest BCUT2D eigenvalue weighted by Gasteiger charge is 2.45. The van der Waals surface area contributed by atoms with Crippen molar-refractivity contribution in [2.45, 2.75) is 70.5 Å². The van der Waals surface area contributed by atoms with E-state index in [2.05, 4.69) is 31.5 Å². The number of unbranched alkanes of at least 4 members (excludes halogenated alkanes) is 3. The van der Waals surface area contributed by atoms with Gasteiger partial charge in [0, 0.05) is 25.8 Å². The summed E-state index contributed by atoms with van der Waals surface area (Å²) in [5.74, 6) is -1.69. The number of fused-ring (bicyclic) bond motifs is 1. The van der Waals surface area contributed by atoms with E-state index in [0.29, 0.717) is 76.0 Å². The Hall–Kier alpha value is -6.05. The molecule has 1 fully saturated rings. The highest BCUT2D eigenvalue weighted by molar-refractivity contribution is 6.24. The number of nitrogens with zero attached hydrogens (tertiary/aromatic N) is 5. The predicted octanol–water partition coefficient (Wildman–Crippen LogP) is 1.70. The van der Waals surface area contributed by atoms with Crippen molar-refractivity contribution in [1.82, 2.24) is 36.1 Å². The second kappa shape index (κ2) is 21.1. The van der Waals surface area contributed by atoms with Gasteiger partial charge in [-0.25, -0.2) is 15.6 Å². The first kappa shape index (κ1) is 41.1. The van der Waals surface area contributed by atoms with Crippen LogP contribution in [0.3, 0.4) is 0 Å². The van der Waals surface area contributed by atoms with Crippen LogP contribution in [-0.2, 0) is 41.7 Å². The van der Waals surface area contributed by atoms with Gasteiger partial charge in [-0.1, -0.05) is 30.2 Å². The first-order valence-electron chi connectivity index (χ1n) is 18.3. The van der Waals surface area contributed by atoms with Crippen LogP contribution < -0.4 is 26.3 Å². The molecule has 0 bridgehead atoms. The number of hydroxylamine groups is 1. The Kier molecular flexibility index (Phi) is 15.5. The van der Waals surface area contributed by atoms with E-state index in [1.54, 1.807) is 52.9 Å². The normalized spacial score (nSPS) is 15.2. The number of carbonyl (C=O) groups excluding carboxylic acids is 6. The van der Waals surface area contributed by atoms with Crippen molar-refractivity contribution in [2.75, 3.05) is 38.4 Å². The molecule has 2 aromatic carbocycles. The van der Waals surface area contributed by atoms with Gasteiger partial charge >= 0.3 is 0 Å². The number of hydrazone groups is 1. The third-order valence-electron chi connectivity index (χ3n) is 8.85. The van der Waals surface area contributed by atoms with Gasteiger partial charge in [0.2, 0.25) is 23.6 Å². The lowest BCUT2D eigenvalue weighted by molar-refractivity contribution is -0.136. The molecule has 0 aliphatic carbocycles. The fraction of sp³-hybridized carbons (Fsp3) is 0.432. The van der Waals surface area contributed by atoms with Crippen LogP contribution in [0.15, 0.2) is 53.8 Å². The number of amides is 6. The topological polar surface area (TPSA) is 245 Å². The predicted molar refractivity (Wildman–Crippen MR) is 197 cm³/mol. The van der Waals surface area contributed by atoms with Crippen molar-refractivity contribution in [2.24, 2.45) is 5.10 Å². The summed E-state index contributed by atoms with van der Waals surface area (Å²) in [7, 11) is 0. The molecule has 0 saturated carbocycles. The number of imide groups is 2. The largest absolute Gasteiger partial charge is 0.491 e. The zero-order chi connectivity index (χ0) is 39.7. The van der Waals surface area contributed by atoms with Gasteiger partial charge < -0.3 is 19.5 Å². The Balaban J connectivity index is 0.899. The molecule has 1 aromatic heterocycles. The van der Waals surface area contributed by atoms with Gasteiger partial charge in [0.15, 0.2) is 5.82 Å². The molecule has 1 atom stereocenters. The van der Waals surface area contributed by atoms with Crippen LogP contribution in [0.2, 0.25) is 0 Å². The quantitative estimate of drug-likeness (QED) is 0.0303. The van der Waals surface area contributed by atoms with E-state index >= 15 is 0 Å². The summed E-state index contributed by atoms with van der Waals surface area (Å²) in [6.45, 7) is 2.46. The molecule has 19 nitrogen and oxygen atoms in total. The number of rotatable bonds is 23. The maximum Gasteiger partial charge on any atom is 0.262 e. The van der Waals surface area contributed by atoms with E-state index in [4.69, 9.17) is 19.4 Å². The van der Waals surface area contributed by atoms with Crippen LogP contribution in [0, 0.1) is 0 Å². The Morgan fingerprint density at radius 3 is 2.39 bits per heavy atom. The Bertz CT molecular complexity index is 1880. The van der Waals surface area contributed by atoms with E-state index in [-0.39, 0.29) is 42.8 Å². The smallest absolute Gasteiger partial charge is 0.262 e. The number of ether oxygens (including phenoxy) is 3. The van der Waals surface area contributed by atoms with Crippen LogP contribution in [0.1, 0.15) is 83.2 Å². The molecule has 1 saturated heterocycles. The molecule has 6 amide bonds. The Morgan fingerprint density at radius 1 is 0.911 bits per heavy atom. The van der Waals surface area contributed by atoms with E-state index in [9.17, 15) is 28.8 Å². The minimum Gasteiger partial charge on any atom is -0.491 e. The number of aromatic nitrogens is 3. The van der Waals surface area contributed by atoms with Crippen molar-refractivity contribution in [3.8, 4) is 5.75 Å². The van der Waals surface area contributed by atoms with Crippen LogP contribution >= 0.6 is 0 Å². The van der Waals surface area contributed by atoms with E-state index < -0.39 is 35.6 Å². The summed E-state index contributed by atoms with van der Waals surface area (Å²) in [4.78, 5) is 74.1. The fourth-order valence-electron chi connectivity index (χ4n) is 5.97. The highest BCUT2D eigenvalue weighted by atomic mass is 16.5. The maximum atomic E-state index is 13.3. The van der Waals surface area contributed by atoms with Gasteiger partial charge in [-0.2, -0.15) is 5.10 Å². The monoisotopic (exact) mass is 775 g/mol. The molecule has 2 aliphatic rings. The van der Waals surface area contributed by atoms with Gasteiger partial charge in [0.25, 0.3) is 11.8 Å². The van der Waals surface area contributed by atoms with E-state index in [1.807, 2.05) is 12.1 Å². The SMILES string of the molecule is O=C(CCCCCCC(=O)N/N=C/c1ccc(OCCOCCOCCn2cc(NCc3cccc4c3C(=O)N(C3CCC(=O)NC3=O)C4=O)nn2)cc1)NO. The summed E-state index contributed by atoms with van der Waals surface area (Å²) in [6, 6.07) is 11.1. The minimum absolute atomic E-state index is 0.0489. The zero-order valence-electron chi connectivity index (χ0n) is 30.7. The molecular formula is C37H45N9O10. The molecular weight excluding hydrogens is 730 g/mol. The van der Waals surface area contributed by atoms with Gasteiger partial charge in [-0.05, 0) is 60.7 Å². The molecule has 3 heterocycles. The summed E-state index contributed by atoms with van der Waals surface area (Å²) in [5, 5.41) is 26.0. The number of hydrogen-bond donors (Lipinski definition) is 5. The first-order valence-corrected chi connectivity index (χ1v) is 18.3. The second-order valence-corrected chi connectivity index (χ2v) is 12.9. The number of piperidine rings is 1. The van der Waals surface area contributed by atoms with Gasteiger partial charge in [-0.15, -0.1) is 5.10 Å². The van der Waals surface area contributed by atoms with Crippen LogP contribution in [-0.4, -0.2) is 106 Å². The lowest BCUT2D eigenvalue weighted by Crippen LogP contribution is -2.54. The summed E-state index contributed by atoms with van der Waals surface area (Å²) in [6.07, 6.45) is 6.92. The van der Waals surface area contributed by atoms with E-state index in [1.165, 1.54) is 0 Å². The van der Waals surface area contributed by atoms with Crippen molar-refractivity contribution in [1.29, 1.82) is 0 Å². The Labute approximate surface area is 322 Å². The standard InChI is InChI=1S/C37H45N9O10/c47-31-15-14-29(35(50)40-31)46-36(51)28-7-5-6-26(34(28)37(46)52)23-38-30-24-45(44-41-30)16-17-54-18-19-55-20-21-56-27-12-10-25(11-13-27)22-39-42-32(48)8-3-1-2-4-9-33(49)43-53/h5-7,10-13,22,24,29,38,53H,1-4,8-9,14-21,23H2,(H,42,48)(H,43,49)(H,40,47,50)/b39-22+. The van der Waals surface area contributed by atoms with Crippen LogP contribution in [0.4, 0.5) is 5.82 Å². The third-order valence-corrected chi connectivity index (χ3v) is 8.85. The average molecular weight is 776 g/mol. The van der Waals surface area contributed by atoms with Crippen molar-refractivity contribution < 1.29 is 48.2 Å². The summed E-state index contributed by atoms with van der Waals surface area (Å²) in [5.41, 5.74) is 5.88. The maximum absolute atomic E-state index is 13.3. The molecule has 298 valence electrons. The lowest BCUT2D eigenvalue weighted by Gasteiger charge is -2.27. The molecule has 5 N–H and O–H groups in total. The highest BCUT2D eigenvalue weighted by Crippen LogP contribution is 2.30. The molecule has 19 heteroatoms. The molecule has 56 heavy (non-hydrogen) atoms. The number of anilines is 1. The van der Waals surface area contributed by atoms with Crippen LogP contribution in [0.5, 0.6) is 5.75 Å². The molecule has 3 aromatic rings. The fourth-order valence-corrected chi connectivity index (χ4v) is 5.97. The van der Waals surface area contributed by atoms with Crippen molar-refractivity contribution in [3.63, 3.8) is 0 Å². The average Bonchev–Trinajstić information content (AvgIpc) is 3.76. The number of benzene rings is 2. The summed E-state index contributed by atoms with van der Waals surface area (Å²) < 4.78 is 18.5. The summed E-state index contributed by atoms with van der Waals surface area (Å²) >= 11 is 0. The lowest BCUT2D eigenvalue weighted by atomic mass is 10.0. The number of carbonyl (C=O) groups is 6. The zero-order valence-corrected chi connectivity index (χ0v) is 30.7. The molecule has 0 spiro atoms. The van der Waals surface area contributed by atoms with Gasteiger partial charge in [-0.3, -0.25) is 44.2 Å². The molecule has 0 radical (unpaired) electrons. The second-order valence-electron chi connectivity index (χ2n) is 12.9. The van der Waals surface area contributed by atoms with Gasteiger partial charge in [0.05, 0.1) is 56.5 Å². The molecule has 5 rings (SSSR count). The molecule has 1 unspecified atom stereocenters.